The van der Waals surface area contributed by atoms with E-state index in [1.807, 2.05) is 53.7 Å². The van der Waals surface area contributed by atoms with Gasteiger partial charge in [0.2, 0.25) is 0 Å². The van der Waals surface area contributed by atoms with Crippen molar-refractivity contribution in [3.05, 3.63) is 66.1 Å². The molecule has 0 fully saturated rings. The number of hydrogen-bond donors (Lipinski definition) is 0. The number of hydrazone groups is 1. The molecule has 2 aromatic heterocycles. The van der Waals surface area contributed by atoms with Crippen LogP contribution in [0.2, 0.25) is 5.02 Å². The fourth-order valence-corrected chi connectivity index (χ4v) is 3.56. The molecular formula is C19H16ClN5S. The number of rotatable bonds is 5. The van der Waals surface area contributed by atoms with Crippen molar-refractivity contribution in [1.29, 1.82) is 0 Å². The zero-order valence-electron chi connectivity index (χ0n) is 13.9. The van der Waals surface area contributed by atoms with Crippen LogP contribution in [0, 0.1) is 0 Å². The maximum atomic E-state index is 5.95. The average Bonchev–Trinajstić information content (AvgIpc) is 3.17. The quantitative estimate of drug-likeness (QED) is 0.479. The molecule has 26 heavy (non-hydrogen) atoms. The number of halogens is 1. The molecule has 130 valence electrons. The lowest BCUT2D eigenvalue weighted by molar-refractivity contribution is 0.922. The van der Waals surface area contributed by atoms with Crippen molar-refractivity contribution in [3.8, 4) is 11.3 Å². The summed E-state index contributed by atoms with van der Waals surface area (Å²) in [6.07, 6.45) is 6.29. The van der Waals surface area contributed by atoms with Gasteiger partial charge in [0.1, 0.15) is 0 Å². The highest BCUT2D eigenvalue weighted by Crippen LogP contribution is 2.24. The highest BCUT2D eigenvalue weighted by molar-refractivity contribution is 7.99. The van der Waals surface area contributed by atoms with Crippen LogP contribution in [0.5, 0.6) is 0 Å². The van der Waals surface area contributed by atoms with Gasteiger partial charge in [0.25, 0.3) is 0 Å². The lowest BCUT2D eigenvalue weighted by atomic mass is 10.2. The van der Waals surface area contributed by atoms with Crippen molar-refractivity contribution in [1.82, 2.24) is 15.0 Å². The summed E-state index contributed by atoms with van der Waals surface area (Å²) in [6.45, 7) is 0.883. The molecule has 0 radical (unpaired) electrons. The highest BCUT2D eigenvalue weighted by Gasteiger charge is 2.16. The molecule has 1 aromatic carbocycles. The molecule has 1 aliphatic rings. The molecule has 0 amide bonds. The Bertz CT molecular complexity index is 915. The zero-order valence-corrected chi connectivity index (χ0v) is 15.5. The summed E-state index contributed by atoms with van der Waals surface area (Å²) in [7, 11) is 0. The molecule has 3 heterocycles. The molecule has 4 rings (SSSR count). The largest absolute Gasteiger partial charge is 0.265 e. The highest BCUT2D eigenvalue weighted by atomic mass is 35.5. The smallest absolute Gasteiger partial charge is 0.188 e. The fourth-order valence-electron chi connectivity index (χ4n) is 2.64. The number of thioether (sulfide) groups is 1. The number of benzene rings is 1. The van der Waals surface area contributed by atoms with Crippen molar-refractivity contribution in [3.63, 3.8) is 0 Å². The molecule has 0 saturated heterocycles. The minimum Gasteiger partial charge on any atom is -0.265 e. The molecule has 5 nitrogen and oxygen atoms in total. The summed E-state index contributed by atoms with van der Waals surface area (Å²) >= 11 is 7.55. The monoisotopic (exact) mass is 381 g/mol. The number of aromatic nitrogens is 3. The summed E-state index contributed by atoms with van der Waals surface area (Å²) in [5.41, 5.74) is 4.07. The second-order valence-corrected chi connectivity index (χ2v) is 7.15. The first-order valence-corrected chi connectivity index (χ1v) is 9.60. The topological polar surface area (TPSA) is 54.3 Å². The number of pyridine rings is 1. The van der Waals surface area contributed by atoms with Gasteiger partial charge in [-0.3, -0.25) is 9.99 Å². The Kier molecular flexibility index (Phi) is 5.13. The molecule has 0 atom stereocenters. The van der Waals surface area contributed by atoms with Crippen LogP contribution in [-0.2, 0) is 0 Å². The number of hydrogen-bond acceptors (Lipinski definition) is 6. The second-order valence-electron chi connectivity index (χ2n) is 5.77. The van der Waals surface area contributed by atoms with Crippen molar-refractivity contribution in [2.75, 3.05) is 17.3 Å². The van der Waals surface area contributed by atoms with E-state index in [2.05, 4.69) is 15.0 Å². The van der Waals surface area contributed by atoms with E-state index < -0.39 is 0 Å². The zero-order chi connectivity index (χ0) is 17.8. The predicted molar refractivity (Wildman–Crippen MR) is 107 cm³/mol. The summed E-state index contributed by atoms with van der Waals surface area (Å²) in [5.74, 6) is 0.778. The SMILES string of the molecule is Clc1ccc(N2CCC(CSc3nccc(-c4cccnc4)n3)=N2)cc1. The lowest BCUT2D eigenvalue weighted by Crippen LogP contribution is -2.11. The van der Waals surface area contributed by atoms with Gasteiger partial charge in [-0.1, -0.05) is 23.4 Å². The van der Waals surface area contributed by atoms with Crippen LogP contribution in [0.1, 0.15) is 6.42 Å². The molecule has 0 bridgehead atoms. The first kappa shape index (κ1) is 17.0. The predicted octanol–water partition coefficient (Wildman–Crippen LogP) is 4.55. The summed E-state index contributed by atoms with van der Waals surface area (Å²) in [5, 5.41) is 8.20. The van der Waals surface area contributed by atoms with E-state index in [0.717, 1.165) is 51.6 Å². The molecule has 0 saturated carbocycles. The van der Waals surface area contributed by atoms with E-state index >= 15 is 0 Å². The molecular weight excluding hydrogens is 366 g/mol. The Hall–Kier alpha value is -2.44. The van der Waals surface area contributed by atoms with Gasteiger partial charge in [-0.15, -0.1) is 0 Å². The first-order valence-electron chi connectivity index (χ1n) is 8.24. The van der Waals surface area contributed by atoms with Gasteiger partial charge in [0, 0.05) is 47.9 Å². The van der Waals surface area contributed by atoms with Gasteiger partial charge in [0.05, 0.1) is 17.1 Å². The van der Waals surface area contributed by atoms with Crippen LogP contribution < -0.4 is 5.01 Å². The van der Waals surface area contributed by atoms with Crippen LogP contribution >= 0.6 is 23.4 Å². The first-order chi connectivity index (χ1) is 12.8. The molecule has 0 unspecified atom stereocenters. The van der Waals surface area contributed by atoms with E-state index in [4.69, 9.17) is 16.7 Å². The fraction of sp³-hybridized carbons (Fsp3) is 0.158. The van der Waals surface area contributed by atoms with Gasteiger partial charge in [-0.05, 0) is 42.5 Å². The second kappa shape index (κ2) is 7.85. The van der Waals surface area contributed by atoms with Gasteiger partial charge in [-0.25, -0.2) is 9.97 Å². The third-order valence-electron chi connectivity index (χ3n) is 3.96. The number of nitrogens with zero attached hydrogens (tertiary/aromatic N) is 5. The lowest BCUT2D eigenvalue weighted by Gasteiger charge is -2.13. The van der Waals surface area contributed by atoms with Crippen molar-refractivity contribution < 1.29 is 0 Å². The maximum absolute atomic E-state index is 5.95. The van der Waals surface area contributed by atoms with Crippen LogP contribution in [-0.4, -0.2) is 33.0 Å². The van der Waals surface area contributed by atoms with Crippen LogP contribution in [0.3, 0.4) is 0 Å². The Labute approximate surface area is 161 Å². The average molecular weight is 382 g/mol. The van der Waals surface area contributed by atoms with E-state index in [1.165, 1.54) is 0 Å². The standard InChI is InChI=1S/C19H16ClN5S/c20-15-3-5-17(6-4-15)25-11-8-16(24-25)13-26-19-22-10-7-18(23-19)14-2-1-9-21-12-14/h1-7,9-10,12H,8,11,13H2. The molecule has 7 heteroatoms. The van der Waals surface area contributed by atoms with Gasteiger partial charge in [0.15, 0.2) is 5.16 Å². The van der Waals surface area contributed by atoms with Crippen LogP contribution in [0.15, 0.2) is 71.3 Å². The molecule has 0 N–H and O–H groups in total. The van der Waals surface area contributed by atoms with E-state index in [1.54, 1.807) is 24.2 Å². The summed E-state index contributed by atoms with van der Waals surface area (Å²) < 4.78 is 0. The Morgan fingerprint density at radius 3 is 2.77 bits per heavy atom. The molecule has 3 aromatic rings. The van der Waals surface area contributed by atoms with Gasteiger partial charge < -0.3 is 0 Å². The van der Waals surface area contributed by atoms with Crippen molar-refractivity contribution >= 4 is 34.8 Å². The normalized spacial score (nSPS) is 13.7. The van der Waals surface area contributed by atoms with Gasteiger partial charge in [-0.2, -0.15) is 5.10 Å². The third-order valence-corrected chi connectivity index (χ3v) is 5.14. The van der Waals surface area contributed by atoms with Crippen molar-refractivity contribution in [2.45, 2.75) is 11.6 Å². The van der Waals surface area contributed by atoms with Crippen LogP contribution in [0.4, 0.5) is 5.69 Å². The minimum absolute atomic E-state index is 0.735. The van der Waals surface area contributed by atoms with Crippen molar-refractivity contribution in [2.24, 2.45) is 5.10 Å². The van der Waals surface area contributed by atoms with E-state index in [9.17, 15) is 0 Å². The Morgan fingerprint density at radius 2 is 1.96 bits per heavy atom. The third kappa shape index (κ3) is 4.03. The molecule has 0 spiro atoms. The molecule has 1 aliphatic heterocycles. The molecule has 0 aliphatic carbocycles. The van der Waals surface area contributed by atoms with E-state index in [-0.39, 0.29) is 0 Å². The van der Waals surface area contributed by atoms with Crippen LogP contribution in [0.25, 0.3) is 11.3 Å². The van der Waals surface area contributed by atoms with Gasteiger partial charge >= 0.3 is 0 Å². The Morgan fingerprint density at radius 1 is 1.08 bits per heavy atom. The maximum Gasteiger partial charge on any atom is 0.188 e. The minimum atomic E-state index is 0.735. The number of anilines is 1. The van der Waals surface area contributed by atoms with E-state index in [0.29, 0.717) is 0 Å². The summed E-state index contributed by atoms with van der Waals surface area (Å²) in [4.78, 5) is 13.1. The Balaban J connectivity index is 1.41. The summed E-state index contributed by atoms with van der Waals surface area (Å²) in [6, 6.07) is 13.5.